The van der Waals surface area contributed by atoms with Crippen LogP contribution in [0.25, 0.3) is 0 Å². The number of piperidine rings is 1. The second-order valence-corrected chi connectivity index (χ2v) is 9.32. The highest BCUT2D eigenvalue weighted by atomic mass is 79.9. The van der Waals surface area contributed by atoms with Crippen LogP contribution in [0.15, 0.2) is 46.9 Å². The molecule has 2 aromatic rings. The fraction of sp³-hybridized carbons (Fsp3) is 0.391. The van der Waals surface area contributed by atoms with Gasteiger partial charge in [-0.25, -0.2) is 4.79 Å². The number of likely N-dealkylation sites (tertiary alicyclic amines) is 1. The van der Waals surface area contributed by atoms with E-state index in [0.717, 1.165) is 41.7 Å². The summed E-state index contributed by atoms with van der Waals surface area (Å²) in [6, 6.07) is 12.9. The highest BCUT2D eigenvalue weighted by molar-refractivity contribution is 9.10. The maximum Gasteiger partial charge on any atom is 0.325 e. The second kappa shape index (κ2) is 7.30. The fourth-order valence-corrected chi connectivity index (χ4v) is 5.17. The molecule has 0 aliphatic carbocycles. The van der Waals surface area contributed by atoms with Crippen molar-refractivity contribution in [3.63, 3.8) is 0 Å². The fourth-order valence-electron chi connectivity index (χ4n) is 4.79. The van der Waals surface area contributed by atoms with Crippen LogP contribution in [0.1, 0.15) is 54.6 Å². The van der Waals surface area contributed by atoms with Gasteiger partial charge in [-0.3, -0.25) is 9.69 Å². The molecule has 2 saturated heterocycles. The molecule has 0 unspecified atom stereocenters. The van der Waals surface area contributed by atoms with Gasteiger partial charge in [0.25, 0.3) is 5.91 Å². The number of ether oxygens (including phenoxy) is 1. The Bertz CT molecular complexity index is 1020. The largest absolute Gasteiger partial charge is 0.467 e. The van der Waals surface area contributed by atoms with Crippen molar-refractivity contribution in [2.75, 3.05) is 18.0 Å². The summed E-state index contributed by atoms with van der Waals surface area (Å²) in [5, 5.41) is 3.11. The summed E-state index contributed by atoms with van der Waals surface area (Å²) in [4.78, 5) is 29.6. The molecule has 6 nitrogen and oxygen atoms in total. The van der Waals surface area contributed by atoms with Crippen LogP contribution >= 0.6 is 15.9 Å². The van der Waals surface area contributed by atoms with Crippen LogP contribution < -0.4 is 15.0 Å². The number of nitrogens with one attached hydrogen (secondary N) is 1. The summed E-state index contributed by atoms with van der Waals surface area (Å²) >= 11 is 3.50. The van der Waals surface area contributed by atoms with Crippen molar-refractivity contribution >= 4 is 33.6 Å². The number of fused-ring (bicyclic) bond motifs is 4. The summed E-state index contributed by atoms with van der Waals surface area (Å²) < 4.78 is 7.30. The van der Waals surface area contributed by atoms with Crippen molar-refractivity contribution in [3.05, 3.63) is 58.1 Å². The van der Waals surface area contributed by atoms with E-state index >= 15 is 0 Å². The molecule has 30 heavy (non-hydrogen) atoms. The topological polar surface area (TPSA) is 61.9 Å². The number of urea groups is 1. The molecule has 3 heterocycles. The molecule has 0 radical (unpaired) electrons. The van der Waals surface area contributed by atoms with Crippen LogP contribution in [-0.4, -0.2) is 35.7 Å². The third-order valence-corrected chi connectivity index (χ3v) is 6.72. The van der Waals surface area contributed by atoms with Gasteiger partial charge < -0.3 is 15.0 Å². The van der Waals surface area contributed by atoms with Crippen LogP contribution in [0.2, 0.25) is 0 Å². The van der Waals surface area contributed by atoms with E-state index in [1.165, 1.54) is 6.42 Å². The Morgan fingerprint density at radius 2 is 1.97 bits per heavy atom. The zero-order valence-corrected chi connectivity index (χ0v) is 18.4. The number of amides is 3. The van der Waals surface area contributed by atoms with Crippen molar-refractivity contribution in [1.29, 1.82) is 0 Å². The molecule has 0 saturated carbocycles. The minimum Gasteiger partial charge on any atom is -0.467 e. The predicted octanol–water partition coefficient (Wildman–Crippen LogP) is 4.84. The number of anilines is 1. The number of nitrogens with zero attached hydrogens (tertiary/aromatic N) is 2. The smallest absolute Gasteiger partial charge is 0.325 e. The minimum absolute atomic E-state index is 0.0248. The van der Waals surface area contributed by atoms with Crippen molar-refractivity contribution in [1.82, 2.24) is 10.2 Å². The minimum atomic E-state index is -0.833. The average molecular weight is 470 g/mol. The van der Waals surface area contributed by atoms with Crippen LogP contribution in [-0.2, 0) is 0 Å². The van der Waals surface area contributed by atoms with Gasteiger partial charge in [0.15, 0.2) is 5.72 Å². The number of carbonyl (C=O) groups is 2. The number of carbonyl (C=O) groups excluding carboxylic acids is 2. The quantitative estimate of drug-likeness (QED) is 0.683. The Hall–Kier alpha value is -2.54. The van der Waals surface area contributed by atoms with Crippen LogP contribution in [0.4, 0.5) is 10.5 Å². The van der Waals surface area contributed by atoms with Gasteiger partial charge >= 0.3 is 6.03 Å². The lowest BCUT2D eigenvalue weighted by Crippen LogP contribution is -2.65. The Kier molecular flexibility index (Phi) is 4.73. The maximum absolute atomic E-state index is 13.1. The molecule has 5 rings (SSSR count). The van der Waals surface area contributed by atoms with Crippen molar-refractivity contribution in [3.8, 4) is 5.75 Å². The van der Waals surface area contributed by atoms with Gasteiger partial charge in [-0.05, 0) is 62.6 Å². The monoisotopic (exact) mass is 469 g/mol. The number of benzene rings is 2. The first-order valence-electron chi connectivity index (χ1n) is 10.4. The van der Waals surface area contributed by atoms with Gasteiger partial charge in [0.2, 0.25) is 0 Å². The summed E-state index contributed by atoms with van der Waals surface area (Å²) in [5.41, 5.74) is 1.41. The number of hydrogen-bond acceptors (Lipinski definition) is 3. The van der Waals surface area contributed by atoms with Crippen molar-refractivity contribution in [2.45, 2.75) is 44.4 Å². The summed E-state index contributed by atoms with van der Waals surface area (Å²) in [6.45, 7) is 3.52. The van der Waals surface area contributed by atoms with E-state index in [2.05, 4.69) is 21.2 Å². The van der Waals surface area contributed by atoms with Gasteiger partial charge in [-0.2, -0.15) is 0 Å². The normalized spacial score (nSPS) is 25.3. The van der Waals surface area contributed by atoms with E-state index in [1.807, 2.05) is 54.3 Å². The summed E-state index contributed by atoms with van der Waals surface area (Å²) in [6.07, 6.45) is 3.88. The summed E-state index contributed by atoms with van der Waals surface area (Å²) in [7, 11) is 0. The molecule has 3 aliphatic rings. The van der Waals surface area contributed by atoms with E-state index in [-0.39, 0.29) is 18.0 Å². The third kappa shape index (κ3) is 3.25. The van der Waals surface area contributed by atoms with E-state index in [4.69, 9.17) is 4.74 Å². The van der Waals surface area contributed by atoms with Crippen molar-refractivity contribution in [2.24, 2.45) is 0 Å². The van der Waals surface area contributed by atoms with Gasteiger partial charge in [0.1, 0.15) is 5.75 Å². The molecule has 2 aromatic carbocycles. The highest BCUT2D eigenvalue weighted by Crippen LogP contribution is 2.46. The molecule has 3 aliphatic heterocycles. The zero-order valence-electron chi connectivity index (χ0n) is 16.9. The maximum atomic E-state index is 13.1. The van der Waals surface area contributed by atoms with E-state index in [0.29, 0.717) is 17.7 Å². The Morgan fingerprint density at radius 1 is 1.17 bits per heavy atom. The number of halogens is 1. The van der Waals surface area contributed by atoms with Crippen molar-refractivity contribution < 1.29 is 14.3 Å². The lowest BCUT2D eigenvalue weighted by Gasteiger charge is -2.50. The molecular weight excluding hydrogens is 446 g/mol. The average Bonchev–Trinajstić information content (AvgIpc) is 2.74. The predicted molar refractivity (Wildman–Crippen MR) is 118 cm³/mol. The van der Waals surface area contributed by atoms with Gasteiger partial charge in [0.05, 0.1) is 11.7 Å². The van der Waals surface area contributed by atoms with Crippen LogP contribution in [0, 0.1) is 0 Å². The lowest BCUT2D eigenvalue weighted by molar-refractivity contribution is 0.0377. The Labute approximate surface area is 184 Å². The molecule has 2 bridgehead atoms. The van der Waals surface area contributed by atoms with Crippen LogP contribution in [0.5, 0.6) is 5.75 Å². The molecule has 2 atom stereocenters. The molecule has 1 N–H and O–H groups in total. The van der Waals surface area contributed by atoms with Gasteiger partial charge in [0, 0.05) is 35.1 Å². The molecule has 0 aromatic heterocycles. The van der Waals surface area contributed by atoms with E-state index in [1.54, 1.807) is 4.90 Å². The summed E-state index contributed by atoms with van der Waals surface area (Å²) in [5.74, 6) is 0.791. The van der Waals surface area contributed by atoms with Gasteiger partial charge in [-0.15, -0.1) is 0 Å². The molecule has 7 heteroatoms. The lowest BCUT2D eigenvalue weighted by atomic mass is 9.90. The molecular formula is C23H24BrN3O3. The Balaban J connectivity index is 1.48. The molecule has 156 valence electrons. The Morgan fingerprint density at radius 3 is 2.77 bits per heavy atom. The standard InChI is InChI=1S/C23H24BrN3O3/c1-23-14-19(18-13-16(24)8-9-20(18)30-23)25-22(29)27(23)17-7-5-6-15(12-17)21(28)26-10-3-2-4-11-26/h5-9,12-13,19H,2-4,10-11,14H2,1H3,(H,25,29)/t19-,23-/m1/s1. The van der Waals surface area contributed by atoms with E-state index < -0.39 is 5.72 Å². The zero-order chi connectivity index (χ0) is 20.9. The SMILES string of the molecule is C[C@@]12C[C@@H](NC(=O)N1c1cccc(C(=O)N3CCCCC3)c1)c1cc(Br)ccc1O2. The van der Waals surface area contributed by atoms with Gasteiger partial charge in [-0.1, -0.05) is 22.0 Å². The first-order valence-corrected chi connectivity index (χ1v) is 11.2. The molecule has 3 amide bonds. The highest BCUT2D eigenvalue weighted by Gasteiger charge is 2.50. The second-order valence-electron chi connectivity index (χ2n) is 8.40. The van der Waals surface area contributed by atoms with E-state index in [9.17, 15) is 9.59 Å². The first kappa shape index (κ1) is 19.4. The van der Waals surface area contributed by atoms with Crippen LogP contribution in [0.3, 0.4) is 0 Å². The molecule has 2 fully saturated rings. The molecule has 0 spiro atoms. The number of rotatable bonds is 2. The first-order chi connectivity index (χ1) is 14.4. The third-order valence-electron chi connectivity index (χ3n) is 6.23. The number of hydrogen-bond donors (Lipinski definition) is 1.